The molecular formula is C15H17N5O. The van der Waals surface area contributed by atoms with Gasteiger partial charge in [-0.3, -0.25) is 0 Å². The third-order valence-electron chi connectivity index (χ3n) is 3.29. The Bertz CT molecular complexity index is 719. The maximum Gasteiger partial charge on any atom is 0.170 e. The lowest BCUT2D eigenvalue weighted by atomic mass is 10.1. The minimum absolute atomic E-state index is 0.597. The second-order valence-electron chi connectivity index (χ2n) is 4.67. The molecule has 0 aliphatic rings. The Hall–Kier alpha value is -2.31. The molecule has 0 saturated carbocycles. The second kappa shape index (κ2) is 6.43. The summed E-state index contributed by atoms with van der Waals surface area (Å²) in [5, 5.41) is 17.6. The molecular weight excluding hydrogens is 266 g/mol. The molecule has 0 unspecified atom stereocenters. The fourth-order valence-electron chi connectivity index (χ4n) is 2.27. The number of nitrogens with zero attached hydrogens (tertiary/aromatic N) is 4. The quantitative estimate of drug-likeness (QED) is 0.695. The average Bonchev–Trinajstić information content (AvgIpc) is 2.99. The Morgan fingerprint density at radius 3 is 2.90 bits per heavy atom. The van der Waals surface area contributed by atoms with Crippen LogP contribution in [0.4, 0.5) is 0 Å². The van der Waals surface area contributed by atoms with E-state index in [1.165, 1.54) is 5.39 Å². The van der Waals surface area contributed by atoms with Crippen molar-refractivity contribution >= 4 is 10.8 Å². The van der Waals surface area contributed by atoms with Crippen LogP contribution >= 0.6 is 0 Å². The summed E-state index contributed by atoms with van der Waals surface area (Å²) < 4.78 is 6.79. The van der Waals surface area contributed by atoms with Crippen molar-refractivity contribution in [3.8, 4) is 5.69 Å². The zero-order valence-corrected chi connectivity index (χ0v) is 11.9. The van der Waals surface area contributed by atoms with Gasteiger partial charge in [0.05, 0.1) is 18.8 Å². The molecule has 0 fully saturated rings. The molecule has 3 aromatic rings. The third kappa shape index (κ3) is 2.91. The molecule has 108 valence electrons. The van der Waals surface area contributed by atoms with Crippen molar-refractivity contribution in [2.24, 2.45) is 0 Å². The standard InChI is InChI=1S/C15H17N5O/c1-21-10-9-16-11-15-17-18-19-20(15)14-8-4-6-12-5-2-3-7-13(12)14/h2-8,16H,9-11H2,1H3. The van der Waals surface area contributed by atoms with Gasteiger partial charge in [0, 0.05) is 19.0 Å². The van der Waals surface area contributed by atoms with Gasteiger partial charge >= 0.3 is 0 Å². The van der Waals surface area contributed by atoms with Gasteiger partial charge < -0.3 is 10.1 Å². The molecule has 2 aromatic carbocycles. The summed E-state index contributed by atoms with van der Waals surface area (Å²) >= 11 is 0. The Kier molecular flexibility index (Phi) is 4.18. The van der Waals surface area contributed by atoms with Crippen LogP contribution in [0.3, 0.4) is 0 Å². The van der Waals surface area contributed by atoms with Gasteiger partial charge in [0.15, 0.2) is 5.82 Å². The fourth-order valence-corrected chi connectivity index (χ4v) is 2.27. The summed E-state index contributed by atoms with van der Waals surface area (Å²) in [7, 11) is 1.68. The van der Waals surface area contributed by atoms with Gasteiger partial charge in [0.25, 0.3) is 0 Å². The number of hydrogen-bond donors (Lipinski definition) is 1. The van der Waals surface area contributed by atoms with Crippen LogP contribution in [-0.2, 0) is 11.3 Å². The highest BCUT2D eigenvalue weighted by Crippen LogP contribution is 2.21. The van der Waals surface area contributed by atoms with Crippen LogP contribution in [0.15, 0.2) is 42.5 Å². The number of aromatic nitrogens is 4. The number of hydrogen-bond acceptors (Lipinski definition) is 5. The van der Waals surface area contributed by atoms with Crippen molar-refractivity contribution in [2.75, 3.05) is 20.3 Å². The van der Waals surface area contributed by atoms with E-state index < -0.39 is 0 Å². The minimum Gasteiger partial charge on any atom is -0.383 e. The molecule has 0 aliphatic carbocycles. The largest absolute Gasteiger partial charge is 0.383 e. The molecule has 3 rings (SSSR count). The van der Waals surface area contributed by atoms with Gasteiger partial charge in [-0.1, -0.05) is 36.4 Å². The smallest absolute Gasteiger partial charge is 0.170 e. The maximum atomic E-state index is 5.01. The highest BCUT2D eigenvalue weighted by Gasteiger charge is 2.10. The summed E-state index contributed by atoms with van der Waals surface area (Å²) in [6.07, 6.45) is 0. The van der Waals surface area contributed by atoms with E-state index >= 15 is 0 Å². The van der Waals surface area contributed by atoms with Crippen LogP contribution in [0.2, 0.25) is 0 Å². The highest BCUT2D eigenvalue weighted by atomic mass is 16.5. The molecule has 1 heterocycles. The van der Waals surface area contributed by atoms with Crippen LogP contribution < -0.4 is 5.32 Å². The van der Waals surface area contributed by atoms with Gasteiger partial charge in [-0.15, -0.1) is 5.10 Å². The van der Waals surface area contributed by atoms with Crippen molar-refractivity contribution < 1.29 is 4.74 Å². The van der Waals surface area contributed by atoms with Crippen molar-refractivity contribution in [3.05, 3.63) is 48.3 Å². The van der Waals surface area contributed by atoms with Gasteiger partial charge in [-0.25, -0.2) is 0 Å². The van der Waals surface area contributed by atoms with Gasteiger partial charge in [0.1, 0.15) is 0 Å². The van der Waals surface area contributed by atoms with E-state index in [1.807, 2.05) is 24.3 Å². The number of fused-ring (bicyclic) bond motifs is 1. The molecule has 6 nitrogen and oxygen atoms in total. The van der Waals surface area contributed by atoms with Crippen LogP contribution in [0.5, 0.6) is 0 Å². The molecule has 0 aliphatic heterocycles. The van der Waals surface area contributed by atoms with E-state index in [-0.39, 0.29) is 0 Å². The topological polar surface area (TPSA) is 64.9 Å². The lowest BCUT2D eigenvalue weighted by Gasteiger charge is -2.08. The van der Waals surface area contributed by atoms with Gasteiger partial charge in [-0.05, 0) is 21.9 Å². The number of ether oxygens (including phenoxy) is 1. The first kappa shape index (κ1) is 13.7. The molecule has 0 bridgehead atoms. The van der Waals surface area contributed by atoms with E-state index in [0.29, 0.717) is 13.2 Å². The third-order valence-corrected chi connectivity index (χ3v) is 3.29. The molecule has 1 aromatic heterocycles. The van der Waals surface area contributed by atoms with E-state index in [1.54, 1.807) is 11.8 Å². The Balaban J connectivity index is 1.91. The molecule has 1 N–H and O–H groups in total. The van der Waals surface area contributed by atoms with Crippen molar-refractivity contribution in [1.29, 1.82) is 0 Å². The van der Waals surface area contributed by atoms with Crippen LogP contribution in [0.1, 0.15) is 5.82 Å². The fraction of sp³-hybridized carbons (Fsp3) is 0.267. The van der Waals surface area contributed by atoms with Crippen LogP contribution in [0.25, 0.3) is 16.5 Å². The number of methoxy groups -OCH3 is 1. The Labute approximate surface area is 122 Å². The second-order valence-corrected chi connectivity index (χ2v) is 4.67. The number of nitrogens with one attached hydrogen (secondary N) is 1. The van der Waals surface area contributed by atoms with E-state index in [4.69, 9.17) is 4.74 Å². The van der Waals surface area contributed by atoms with Gasteiger partial charge in [-0.2, -0.15) is 4.68 Å². The number of benzene rings is 2. The molecule has 0 atom stereocenters. The predicted octanol–water partition coefficient (Wildman–Crippen LogP) is 1.55. The molecule has 0 spiro atoms. The average molecular weight is 283 g/mol. The minimum atomic E-state index is 0.597. The molecule has 0 amide bonds. The monoisotopic (exact) mass is 283 g/mol. The van der Waals surface area contributed by atoms with Crippen LogP contribution in [0, 0.1) is 0 Å². The lowest BCUT2D eigenvalue weighted by Crippen LogP contribution is -2.21. The molecule has 6 heteroatoms. The Morgan fingerprint density at radius 2 is 2.00 bits per heavy atom. The SMILES string of the molecule is COCCNCc1nnnn1-c1cccc2ccccc12. The summed E-state index contributed by atoms with van der Waals surface area (Å²) in [5.74, 6) is 0.780. The molecule has 0 saturated heterocycles. The van der Waals surface area contributed by atoms with Gasteiger partial charge in [0.2, 0.25) is 0 Å². The first-order chi connectivity index (χ1) is 10.4. The zero-order valence-electron chi connectivity index (χ0n) is 11.9. The maximum absolute atomic E-state index is 5.01. The first-order valence-corrected chi connectivity index (χ1v) is 6.85. The first-order valence-electron chi connectivity index (χ1n) is 6.85. The number of rotatable bonds is 6. The molecule has 21 heavy (non-hydrogen) atoms. The summed E-state index contributed by atoms with van der Waals surface area (Å²) in [5.41, 5.74) is 0.988. The van der Waals surface area contributed by atoms with Crippen molar-refractivity contribution in [1.82, 2.24) is 25.5 Å². The lowest BCUT2D eigenvalue weighted by molar-refractivity contribution is 0.199. The van der Waals surface area contributed by atoms with E-state index in [9.17, 15) is 0 Å². The molecule has 0 radical (unpaired) electrons. The summed E-state index contributed by atoms with van der Waals surface area (Å²) in [6.45, 7) is 2.02. The van der Waals surface area contributed by atoms with Crippen molar-refractivity contribution in [3.63, 3.8) is 0 Å². The normalized spacial score (nSPS) is 11.1. The van der Waals surface area contributed by atoms with E-state index in [2.05, 4.69) is 39.0 Å². The van der Waals surface area contributed by atoms with Crippen molar-refractivity contribution in [2.45, 2.75) is 6.54 Å². The predicted molar refractivity (Wildman–Crippen MR) is 80.2 cm³/mol. The zero-order chi connectivity index (χ0) is 14.5. The van der Waals surface area contributed by atoms with E-state index in [0.717, 1.165) is 23.4 Å². The van der Waals surface area contributed by atoms with Crippen LogP contribution in [-0.4, -0.2) is 40.5 Å². The number of tetrazole rings is 1. The Morgan fingerprint density at radius 1 is 1.14 bits per heavy atom. The summed E-state index contributed by atoms with van der Waals surface area (Å²) in [6, 6.07) is 14.3. The highest BCUT2D eigenvalue weighted by molar-refractivity contribution is 5.89. The summed E-state index contributed by atoms with van der Waals surface area (Å²) in [4.78, 5) is 0.